The first-order valence-corrected chi connectivity index (χ1v) is 48.9. The molecule has 0 unspecified atom stereocenters. The lowest BCUT2D eigenvalue weighted by molar-refractivity contribution is 0.299. The van der Waals surface area contributed by atoms with Crippen LogP contribution in [0.2, 0.25) is 0 Å². The predicted molar refractivity (Wildman–Crippen MR) is 630 cm³/mol. The molecule has 1 N–H and O–H groups in total. The van der Waals surface area contributed by atoms with Crippen LogP contribution in [0.25, 0.3) is 0 Å². The molecule has 0 spiro atoms. The Hall–Kier alpha value is -15.6. The molecule has 0 aliphatic rings. The second-order valence-corrected chi connectivity index (χ2v) is 33.4. The molecule has 1 nitrogen and oxygen atoms in total. The predicted octanol–water partition coefficient (Wildman–Crippen LogP) is 39.1. The fourth-order valence-electron chi connectivity index (χ4n) is 10.9. The topological polar surface area (TPSA) is 20.2 Å². The Labute approximate surface area is 861 Å². The van der Waals surface area contributed by atoms with Crippen molar-refractivity contribution in [1.82, 2.24) is 0 Å². The lowest BCUT2D eigenvalue weighted by Crippen LogP contribution is -1.88. The van der Waals surface area contributed by atoms with Gasteiger partial charge in [-0.05, 0) is 144 Å². The van der Waals surface area contributed by atoms with Crippen LogP contribution in [0, 0.1) is 132 Å². The van der Waals surface area contributed by atoms with Crippen LogP contribution in [0.5, 0.6) is 0 Å². The normalized spacial score (nSPS) is 8.76. The van der Waals surface area contributed by atoms with E-state index in [1.807, 2.05) is 376 Å². The summed E-state index contributed by atoms with van der Waals surface area (Å²) < 4.78 is 0. The molecule has 0 saturated carbocycles. The van der Waals surface area contributed by atoms with Gasteiger partial charge in [0.1, 0.15) is 0 Å². The average Bonchev–Trinajstić information content (AvgIpc) is 0.965. The first-order valence-electron chi connectivity index (χ1n) is 48.9. The van der Waals surface area contributed by atoms with Crippen LogP contribution in [0.15, 0.2) is 607 Å². The van der Waals surface area contributed by atoms with Gasteiger partial charge < -0.3 is 5.11 Å². The average molecular weight is 1870 g/mol. The van der Waals surface area contributed by atoms with Gasteiger partial charge in [-0.1, -0.05) is 712 Å². The summed E-state index contributed by atoms with van der Waals surface area (Å²) in [6, 6.07) is 205. The van der Waals surface area contributed by atoms with Gasteiger partial charge in [-0.3, -0.25) is 0 Å². The van der Waals surface area contributed by atoms with E-state index in [0.717, 1.165) is 6.42 Å². The molecule has 0 heterocycles. The monoisotopic (exact) mass is 1870 g/mol. The molecule has 0 amide bonds. The van der Waals surface area contributed by atoms with Gasteiger partial charge >= 0.3 is 0 Å². The minimum absolute atomic E-state index is 0.240. The molecule has 0 bridgehead atoms. The Bertz CT molecular complexity index is 4380. The smallest absolute Gasteiger partial charge is 0.0471 e. The fraction of sp³-hybridized carbons (Fsp3) is 0.149. The third kappa shape index (κ3) is 87.2. The van der Waals surface area contributed by atoms with E-state index in [9.17, 15) is 0 Å². The third-order valence-electron chi connectivity index (χ3n) is 19.1. The van der Waals surface area contributed by atoms with Gasteiger partial charge in [0.05, 0.1) is 0 Å². The van der Waals surface area contributed by atoms with Gasteiger partial charge in [-0.25, -0.2) is 0 Å². The SMILES string of the molecule is Cc1ccccc1.Cc1ccccc1.Cc1ccccc1.Cc1ccccc1.Cc1ccccc1.Cc1ccccc1.Cc1ccccc1.Cc1ccccc1.Cc1ccccc1.Cc1ccccc1.Cc1ccccc1.Cc1ccccc1.Cc1ccccc1.Cc1ccccc1.Cc1ccccc1.Cc1ccccc1.Cc1ccccc1.Cc1ccccc1.Cc1ccccc1.OCCc1ccccc1. The van der Waals surface area contributed by atoms with Crippen molar-refractivity contribution in [1.29, 1.82) is 0 Å². The van der Waals surface area contributed by atoms with Gasteiger partial charge in [-0.2, -0.15) is 0 Å². The van der Waals surface area contributed by atoms with E-state index in [4.69, 9.17) is 5.11 Å². The molecule has 142 heavy (non-hydrogen) atoms. The second kappa shape index (κ2) is 90.5. The summed E-state index contributed by atoms with van der Waals surface area (Å²) in [6.45, 7) is 39.8. The summed E-state index contributed by atoms with van der Waals surface area (Å²) >= 11 is 0. The van der Waals surface area contributed by atoms with Crippen molar-refractivity contribution >= 4 is 0 Å². The van der Waals surface area contributed by atoms with Crippen molar-refractivity contribution in [3.05, 3.63) is 718 Å². The zero-order valence-electron chi connectivity index (χ0n) is 88.6. The van der Waals surface area contributed by atoms with E-state index >= 15 is 0 Å². The molecule has 0 fully saturated rings. The number of aliphatic hydroxyl groups excluding tert-OH is 1. The number of benzene rings is 20. The van der Waals surface area contributed by atoms with Crippen molar-refractivity contribution in [2.24, 2.45) is 0 Å². The molecule has 20 aromatic carbocycles. The largest absolute Gasteiger partial charge is 0.396 e. The van der Waals surface area contributed by atoms with Crippen LogP contribution in [0.1, 0.15) is 111 Å². The molecule has 0 aliphatic carbocycles. The first-order chi connectivity index (χ1) is 68.9. The first kappa shape index (κ1) is 124. The molecule has 1 heteroatoms. The highest BCUT2D eigenvalue weighted by Gasteiger charge is 1.87. The molecule has 732 valence electrons. The highest BCUT2D eigenvalue weighted by atomic mass is 16.3. The van der Waals surface area contributed by atoms with E-state index in [-0.39, 0.29) is 6.61 Å². The van der Waals surface area contributed by atoms with Crippen molar-refractivity contribution in [2.75, 3.05) is 6.61 Å². The van der Waals surface area contributed by atoms with Crippen LogP contribution in [-0.4, -0.2) is 11.7 Å². The Balaban J connectivity index is 0.000000748. The van der Waals surface area contributed by atoms with Crippen molar-refractivity contribution in [3.8, 4) is 0 Å². The Morgan fingerprint density at radius 2 is 0.148 bits per heavy atom. The number of hydrogen-bond donors (Lipinski definition) is 1. The maximum absolute atomic E-state index is 8.52. The fourth-order valence-corrected chi connectivity index (χ4v) is 10.9. The van der Waals surface area contributed by atoms with Gasteiger partial charge in [0, 0.05) is 6.61 Å². The summed E-state index contributed by atoms with van der Waals surface area (Å²) in [7, 11) is 0. The number of aliphatic hydroxyl groups is 1. The van der Waals surface area contributed by atoms with E-state index < -0.39 is 0 Å². The molecule has 0 aliphatic heterocycles. The highest BCUT2D eigenvalue weighted by molar-refractivity contribution is 5.24. The Kier molecular flexibility index (Phi) is 79.3. The van der Waals surface area contributed by atoms with Gasteiger partial charge in [0.25, 0.3) is 0 Å². The van der Waals surface area contributed by atoms with Crippen LogP contribution in [-0.2, 0) is 6.42 Å². The zero-order valence-corrected chi connectivity index (χ0v) is 88.6. The van der Waals surface area contributed by atoms with Crippen LogP contribution < -0.4 is 0 Å². The molecule has 0 aromatic heterocycles. The molecular formula is C141H162O. The van der Waals surface area contributed by atoms with Gasteiger partial charge in [0.2, 0.25) is 0 Å². The molecule has 0 radical (unpaired) electrons. The molecular weight excluding hydrogens is 1710 g/mol. The third-order valence-corrected chi connectivity index (χ3v) is 19.1. The van der Waals surface area contributed by atoms with Gasteiger partial charge in [0.15, 0.2) is 0 Å². The number of aryl methyl sites for hydroxylation is 19. The second-order valence-electron chi connectivity index (χ2n) is 33.4. The van der Waals surface area contributed by atoms with E-state index in [1.54, 1.807) is 0 Å². The van der Waals surface area contributed by atoms with Crippen LogP contribution >= 0.6 is 0 Å². The van der Waals surface area contributed by atoms with E-state index in [0.29, 0.717) is 0 Å². The lowest BCUT2D eigenvalue weighted by Gasteiger charge is -1.93. The molecule has 0 saturated heterocycles. The van der Waals surface area contributed by atoms with Crippen molar-refractivity contribution < 1.29 is 5.11 Å². The van der Waals surface area contributed by atoms with Crippen LogP contribution in [0.4, 0.5) is 0 Å². The summed E-state index contributed by atoms with van der Waals surface area (Å²) in [5.74, 6) is 0. The van der Waals surface area contributed by atoms with Crippen molar-refractivity contribution in [2.45, 2.75) is 138 Å². The summed E-state index contributed by atoms with van der Waals surface area (Å²) in [5.41, 5.74) is 26.3. The lowest BCUT2D eigenvalue weighted by atomic mass is 10.2. The van der Waals surface area contributed by atoms with E-state index in [1.165, 1.54) is 111 Å². The van der Waals surface area contributed by atoms with Crippen molar-refractivity contribution in [3.63, 3.8) is 0 Å². The number of hydrogen-bond acceptors (Lipinski definition) is 1. The molecule has 20 rings (SSSR count). The summed E-state index contributed by atoms with van der Waals surface area (Å²) in [5, 5.41) is 8.52. The Morgan fingerprint density at radius 3 is 0.190 bits per heavy atom. The summed E-state index contributed by atoms with van der Waals surface area (Å²) in [6.07, 6.45) is 0.765. The summed E-state index contributed by atoms with van der Waals surface area (Å²) in [4.78, 5) is 0. The minimum Gasteiger partial charge on any atom is -0.396 e. The van der Waals surface area contributed by atoms with Gasteiger partial charge in [-0.15, -0.1) is 0 Å². The standard InChI is InChI=1S/C8H10O.19C7H8/c9-7-6-8-4-2-1-3-5-8;19*1-7-5-3-2-4-6-7/h1-5,9H,6-7H2;19*2-6H,1H3. The zero-order chi connectivity index (χ0) is 104. The van der Waals surface area contributed by atoms with E-state index in [2.05, 4.69) is 362 Å². The quantitative estimate of drug-likeness (QED) is 0.183. The maximum atomic E-state index is 8.52. The van der Waals surface area contributed by atoms with Crippen LogP contribution in [0.3, 0.4) is 0 Å². The Morgan fingerprint density at radius 1 is 0.0915 bits per heavy atom. The number of rotatable bonds is 2. The molecule has 20 aromatic rings. The minimum atomic E-state index is 0.240. The molecule has 0 atom stereocenters. The maximum Gasteiger partial charge on any atom is 0.0471 e. The highest BCUT2D eigenvalue weighted by Crippen LogP contribution is 2.05.